The predicted molar refractivity (Wildman–Crippen MR) is 116 cm³/mol. The zero-order valence-electron chi connectivity index (χ0n) is 16.1. The monoisotopic (exact) mass is 430 g/mol. The number of amides is 1. The second-order valence-corrected chi connectivity index (χ2v) is 8.39. The lowest BCUT2D eigenvalue weighted by Gasteiger charge is -2.33. The topological polar surface area (TPSA) is 110 Å². The Morgan fingerprint density at radius 1 is 1.41 bits per heavy atom. The van der Waals surface area contributed by atoms with Gasteiger partial charge in [-0.25, -0.2) is 15.0 Å². The van der Waals surface area contributed by atoms with Gasteiger partial charge in [0.15, 0.2) is 10.3 Å². The second kappa shape index (κ2) is 10.2. The Labute approximate surface area is 177 Å². The van der Waals surface area contributed by atoms with E-state index in [9.17, 15) is 4.79 Å². The molecule has 1 aliphatic rings. The minimum atomic E-state index is -0.197. The van der Waals surface area contributed by atoms with Crippen LogP contribution in [0.25, 0.3) is 0 Å². The minimum Gasteiger partial charge on any atom is -0.354 e. The predicted octanol–water partition coefficient (Wildman–Crippen LogP) is 1.69. The molecule has 2 aromatic rings. The smallest absolute Gasteiger partial charge is 0.243 e. The van der Waals surface area contributed by atoms with Crippen molar-refractivity contribution in [1.29, 1.82) is 5.26 Å². The maximum absolute atomic E-state index is 11.3. The highest BCUT2D eigenvalue weighted by Crippen LogP contribution is 2.26. The number of thiazole rings is 1. The number of likely N-dealkylation sites (N-methyl/N-ethyl adjacent to an activating group) is 1. The Balaban J connectivity index is 1.74. The van der Waals surface area contributed by atoms with Crippen molar-refractivity contribution in [3.05, 3.63) is 29.8 Å². The SMILES string of the molecule is C=CC(=O)NCCSc1nc(Nc2ncc(C#N)s2)cc(N2CCN(C)CC2)n1. The molecule has 11 heteroatoms. The number of hydrogen-bond acceptors (Lipinski definition) is 10. The first-order chi connectivity index (χ1) is 14.1. The van der Waals surface area contributed by atoms with Crippen molar-refractivity contribution in [3.63, 3.8) is 0 Å². The van der Waals surface area contributed by atoms with E-state index in [4.69, 9.17) is 10.2 Å². The highest BCUT2D eigenvalue weighted by atomic mass is 32.2. The van der Waals surface area contributed by atoms with Crippen LogP contribution in [-0.2, 0) is 4.79 Å². The molecule has 0 atom stereocenters. The lowest BCUT2D eigenvalue weighted by atomic mass is 10.3. The second-order valence-electron chi connectivity index (χ2n) is 6.29. The molecule has 29 heavy (non-hydrogen) atoms. The Hall–Kier alpha value is -2.68. The van der Waals surface area contributed by atoms with Gasteiger partial charge in [-0.2, -0.15) is 5.26 Å². The number of carbonyl (C=O) groups excluding carboxylic acids is 1. The summed E-state index contributed by atoms with van der Waals surface area (Å²) in [6, 6.07) is 3.99. The number of nitrogens with zero attached hydrogens (tertiary/aromatic N) is 6. The maximum atomic E-state index is 11.3. The van der Waals surface area contributed by atoms with Gasteiger partial charge in [-0.05, 0) is 13.1 Å². The van der Waals surface area contributed by atoms with Crippen LogP contribution in [0.3, 0.4) is 0 Å². The van der Waals surface area contributed by atoms with Gasteiger partial charge >= 0.3 is 0 Å². The van der Waals surface area contributed by atoms with Crippen LogP contribution < -0.4 is 15.5 Å². The molecular formula is C18H22N8OS2. The van der Waals surface area contributed by atoms with Crippen LogP contribution in [0.2, 0.25) is 0 Å². The molecule has 0 bridgehead atoms. The molecule has 9 nitrogen and oxygen atoms in total. The molecule has 2 aromatic heterocycles. The van der Waals surface area contributed by atoms with Crippen LogP contribution in [-0.4, -0.2) is 71.3 Å². The first-order valence-corrected chi connectivity index (χ1v) is 10.9. The van der Waals surface area contributed by atoms with Crippen molar-refractivity contribution in [2.75, 3.05) is 55.7 Å². The Kier molecular flexibility index (Phi) is 7.40. The van der Waals surface area contributed by atoms with Crippen molar-refractivity contribution in [2.45, 2.75) is 5.16 Å². The average molecular weight is 431 g/mol. The molecule has 3 rings (SSSR count). The number of anilines is 3. The fourth-order valence-corrected chi connectivity index (χ4v) is 3.95. The molecular weight excluding hydrogens is 408 g/mol. The molecule has 1 amide bonds. The summed E-state index contributed by atoms with van der Waals surface area (Å²) in [7, 11) is 2.11. The fourth-order valence-electron chi connectivity index (χ4n) is 2.62. The van der Waals surface area contributed by atoms with Gasteiger partial charge in [0.25, 0.3) is 0 Å². The molecule has 152 valence electrons. The van der Waals surface area contributed by atoms with E-state index >= 15 is 0 Å². The third kappa shape index (κ3) is 6.15. The standard InChI is InChI=1S/C18H22N8OS2/c1-3-16(27)20-4-9-28-18-23-14(22-17-21-12-13(11-19)29-17)10-15(24-18)26-7-5-25(2)6-8-26/h3,10,12H,1,4-9H2,2H3,(H,20,27)(H,21,22,23,24). The van der Waals surface area contributed by atoms with Crippen LogP contribution in [0.1, 0.15) is 4.88 Å². The van der Waals surface area contributed by atoms with E-state index < -0.39 is 0 Å². The highest BCUT2D eigenvalue weighted by Gasteiger charge is 2.18. The van der Waals surface area contributed by atoms with Gasteiger partial charge in [-0.1, -0.05) is 29.7 Å². The van der Waals surface area contributed by atoms with E-state index in [0.717, 1.165) is 32.0 Å². The van der Waals surface area contributed by atoms with Gasteiger partial charge in [0.2, 0.25) is 5.91 Å². The van der Waals surface area contributed by atoms with Crippen molar-refractivity contribution < 1.29 is 4.79 Å². The Morgan fingerprint density at radius 3 is 2.90 bits per heavy atom. The van der Waals surface area contributed by atoms with Crippen molar-refractivity contribution in [2.24, 2.45) is 0 Å². The van der Waals surface area contributed by atoms with Gasteiger partial charge in [-0.3, -0.25) is 4.79 Å². The lowest BCUT2D eigenvalue weighted by Crippen LogP contribution is -2.44. The molecule has 1 saturated heterocycles. The number of thioether (sulfide) groups is 1. The van der Waals surface area contributed by atoms with E-state index in [0.29, 0.717) is 33.3 Å². The van der Waals surface area contributed by atoms with Crippen molar-refractivity contribution >= 4 is 45.8 Å². The summed E-state index contributed by atoms with van der Waals surface area (Å²) in [5.74, 6) is 1.92. The first kappa shape index (κ1) is 21.0. The summed E-state index contributed by atoms with van der Waals surface area (Å²) in [4.78, 5) is 29.8. The quantitative estimate of drug-likeness (QED) is 0.280. The highest BCUT2D eigenvalue weighted by molar-refractivity contribution is 7.99. The third-order valence-corrected chi connectivity index (χ3v) is 5.85. The van der Waals surface area contributed by atoms with Gasteiger partial charge < -0.3 is 20.4 Å². The summed E-state index contributed by atoms with van der Waals surface area (Å²) in [6.45, 7) is 7.67. The molecule has 1 aliphatic heterocycles. The third-order valence-electron chi connectivity index (χ3n) is 4.19. The largest absolute Gasteiger partial charge is 0.354 e. The molecule has 0 spiro atoms. The number of rotatable bonds is 8. The Morgan fingerprint density at radius 2 is 2.21 bits per heavy atom. The summed E-state index contributed by atoms with van der Waals surface area (Å²) in [5, 5.41) is 16.1. The maximum Gasteiger partial charge on any atom is 0.243 e. The van der Waals surface area contributed by atoms with E-state index in [2.05, 4.69) is 50.1 Å². The number of piperazine rings is 1. The van der Waals surface area contributed by atoms with Gasteiger partial charge in [0.05, 0.1) is 6.20 Å². The zero-order chi connectivity index (χ0) is 20.6. The number of aromatic nitrogens is 3. The van der Waals surface area contributed by atoms with Crippen molar-refractivity contribution in [3.8, 4) is 6.07 Å². The van der Waals surface area contributed by atoms with E-state index in [-0.39, 0.29) is 5.91 Å². The molecule has 2 N–H and O–H groups in total. The Bertz CT molecular complexity index is 902. The first-order valence-electron chi connectivity index (χ1n) is 9.06. The number of nitrogens with one attached hydrogen (secondary N) is 2. The molecule has 0 radical (unpaired) electrons. The number of nitriles is 1. The minimum absolute atomic E-state index is 0.197. The van der Waals surface area contributed by atoms with E-state index in [1.54, 1.807) is 0 Å². The molecule has 0 unspecified atom stereocenters. The van der Waals surface area contributed by atoms with Gasteiger partial charge in [0.1, 0.15) is 22.6 Å². The average Bonchev–Trinajstić information content (AvgIpc) is 3.19. The fraction of sp³-hybridized carbons (Fsp3) is 0.389. The van der Waals surface area contributed by atoms with E-state index in [1.165, 1.54) is 35.4 Å². The zero-order valence-corrected chi connectivity index (χ0v) is 17.7. The summed E-state index contributed by atoms with van der Waals surface area (Å²) in [5.41, 5.74) is 0. The molecule has 3 heterocycles. The van der Waals surface area contributed by atoms with Crippen LogP contribution in [0.15, 0.2) is 30.1 Å². The molecule has 0 aliphatic carbocycles. The lowest BCUT2D eigenvalue weighted by molar-refractivity contribution is -0.116. The molecule has 0 saturated carbocycles. The van der Waals surface area contributed by atoms with Gasteiger partial charge in [-0.15, -0.1) is 0 Å². The van der Waals surface area contributed by atoms with Crippen LogP contribution >= 0.6 is 23.1 Å². The normalized spacial score (nSPS) is 14.3. The molecule has 1 fully saturated rings. The van der Waals surface area contributed by atoms with Crippen molar-refractivity contribution in [1.82, 2.24) is 25.2 Å². The van der Waals surface area contributed by atoms with Gasteiger partial charge in [0, 0.05) is 44.5 Å². The van der Waals surface area contributed by atoms with Crippen LogP contribution in [0, 0.1) is 11.3 Å². The number of carbonyl (C=O) groups is 1. The summed E-state index contributed by atoms with van der Waals surface area (Å²) >= 11 is 2.74. The van der Waals surface area contributed by atoms with E-state index in [1.807, 2.05) is 6.07 Å². The van der Waals surface area contributed by atoms with Crippen LogP contribution in [0.4, 0.5) is 16.8 Å². The molecule has 0 aromatic carbocycles. The summed E-state index contributed by atoms with van der Waals surface area (Å²) in [6.07, 6.45) is 2.79. The summed E-state index contributed by atoms with van der Waals surface area (Å²) < 4.78 is 0. The van der Waals surface area contributed by atoms with Crippen LogP contribution in [0.5, 0.6) is 0 Å². The number of hydrogen-bond donors (Lipinski definition) is 2.